The van der Waals surface area contributed by atoms with Gasteiger partial charge in [0.1, 0.15) is 0 Å². The van der Waals surface area contributed by atoms with Crippen molar-refractivity contribution in [1.82, 2.24) is 0 Å². The van der Waals surface area contributed by atoms with Gasteiger partial charge in [0.2, 0.25) is 0 Å². The van der Waals surface area contributed by atoms with E-state index in [2.05, 4.69) is 6.58 Å². The van der Waals surface area contributed by atoms with Crippen LogP contribution in [-0.2, 0) is 0 Å². The van der Waals surface area contributed by atoms with Crippen molar-refractivity contribution >= 4 is 5.57 Å². The molecule has 4 N–H and O–H groups in total. The number of aromatic hydroxyl groups is 2. The topological polar surface area (TPSA) is 66.5 Å². The first-order valence-corrected chi connectivity index (χ1v) is 3.99. The second kappa shape index (κ2) is 3.49. The maximum Gasteiger partial charge on any atom is 0.158 e. The SMILES string of the molecule is C=C(c1ccc(O)c(O)c1)C(C)N. The fourth-order valence-electron chi connectivity index (χ4n) is 0.986. The Balaban J connectivity index is 3.04. The van der Waals surface area contributed by atoms with E-state index in [1.807, 2.05) is 6.92 Å². The molecule has 0 spiro atoms. The predicted molar refractivity (Wildman–Crippen MR) is 52.5 cm³/mol. The molecule has 3 nitrogen and oxygen atoms in total. The van der Waals surface area contributed by atoms with Crippen LogP contribution in [0.5, 0.6) is 11.5 Å². The number of rotatable bonds is 2. The third kappa shape index (κ3) is 2.00. The van der Waals surface area contributed by atoms with Crippen molar-refractivity contribution in [1.29, 1.82) is 0 Å². The van der Waals surface area contributed by atoms with Gasteiger partial charge in [-0.1, -0.05) is 12.6 Å². The highest BCUT2D eigenvalue weighted by molar-refractivity contribution is 5.69. The van der Waals surface area contributed by atoms with E-state index in [4.69, 9.17) is 10.8 Å². The summed E-state index contributed by atoms with van der Waals surface area (Å²) in [6, 6.07) is 4.36. The summed E-state index contributed by atoms with van der Waals surface area (Å²) < 4.78 is 0. The third-order valence-electron chi connectivity index (χ3n) is 1.90. The Labute approximate surface area is 77.1 Å². The minimum absolute atomic E-state index is 0.138. The summed E-state index contributed by atoms with van der Waals surface area (Å²) in [5.41, 5.74) is 7.09. The van der Waals surface area contributed by atoms with E-state index in [9.17, 15) is 5.11 Å². The van der Waals surface area contributed by atoms with Crippen molar-refractivity contribution in [2.24, 2.45) is 5.73 Å². The van der Waals surface area contributed by atoms with Crippen LogP contribution in [0.25, 0.3) is 5.57 Å². The highest BCUT2D eigenvalue weighted by Gasteiger charge is 2.06. The highest BCUT2D eigenvalue weighted by atomic mass is 16.3. The molecule has 0 saturated carbocycles. The second-order valence-corrected chi connectivity index (χ2v) is 3.02. The minimum atomic E-state index is -0.163. The first-order chi connectivity index (χ1) is 6.02. The monoisotopic (exact) mass is 179 g/mol. The molecule has 0 fully saturated rings. The molecule has 0 aliphatic heterocycles. The molecule has 0 radical (unpaired) electrons. The molecule has 1 aromatic carbocycles. The van der Waals surface area contributed by atoms with Crippen LogP contribution in [0.4, 0.5) is 0 Å². The van der Waals surface area contributed by atoms with Gasteiger partial charge in [-0.2, -0.15) is 0 Å². The Morgan fingerprint density at radius 2 is 2.00 bits per heavy atom. The fourth-order valence-corrected chi connectivity index (χ4v) is 0.986. The lowest BCUT2D eigenvalue weighted by molar-refractivity contribution is 0.403. The van der Waals surface area contributed by atoms with Crippen molar-refractivity contribution in [2.75, 3.05) is 0 Å². The summed E-state index contributed by atoms with van der Waals surface area (Å²) >= 11 is 0. The zero-order valence-electron chi connectivity index (χ0n) is 7.49. The zero-order valence-corrected chi connectivity index (χ0v) is 7.49. The van der Waals surface area contributed by atoms with Crippen molar-refractivity contribution in [3.8, 4) is 11.5 Å². The number of hydrogen-bond acceptors (Lipinski definition) is 3. The lowest BCUT2D eigenvalue weighted by atomic mass is 10.0. The third-order valence-corrected chi connectivity index (χ3v) is 1.90. The molecule has 1 unspecified atom stereocenters. The van der Waals surface area contributed by atoms with E-state index in [-0.39, 0.29) is 17.5 Å². The molecule has 70 valence electrons. The Kier molecular flexibility index (Phi) is 2.58. The van der Waals surface area contributed by atoms with Gasteiger partial charge >= 0.3 is 0 Å². The minimum Gasteiger partial charge on any atom is -0.504 e. The van der Waals surface area contributed by atoms with E-state index < -0.39 is 0 Å². The molecule has 0 aliphatic carbocycles. The van der Waals surface area contributed by atoms with E-state index in [1.165, 1.54) is 12.1 Å². The smallest absolute Gasteiger partial charge is 0.158 e. The Morgan fingerprint density at radius 3 is 2.46 bits per heavy atom. The van der Waals surface area contributed by atoms with Crippen LogP contribution < -0.4 is 5.73 Å². The van der Waals surface area contributed by atoms with Crippen LogP contribution in [0.3, 0.4) is 0 Å². The summed E-state index contributed by atoms with van der Waals surface area (Å²) in [7, 11) is 0. The summed E-state index contributed by atoms with van der Waals surface area (Å²) in [5.74, 6) is -0.291. The molecule has 0 bridgehead atoms. The Hall–Kier alpha value is -1.48. The lowest BCUT2D eigenvalue weighted by Gasteiger charge is -2.10. The van der Waals surface area contributed by atoms with Crippen LogP contribution in [0.2, 0.25) is 0 Å². The van der Waals surface area contributed by atoms with Gasteiger partial charge in [-0.05, 0) is 30.2 Å². The van der Waals surface area contributed by atoms with Crippen LogP contribution >= 0.6 is 0 Å². The van der Waals surface area contributed by atoms with Crippen LogP contribution in [0.15, 0.2) is 24.8 Å². The standard InChI is InChI=1S/C10H13NO2/c1-6(7(2)11)8-3-4-9(12)10(13)5-8/h3-5,7,12-13H,1,11H2,2H3. The maximum atomic E-state index is 9.20. The molecular weight excluding hydrogens is 166 g/mol. The van der Waals surface area contributed by atoms with Crippen LogP contribution in [-0.4, -0.2) is 16.3 Å². The summed E-state index contributed by atoms with van der Waals surface area (Å²) in [6.45, 7) is 5.59. The van der Waals surface area contributed by atoms with Crippen LogP contribution in [0.1, 0.15) is 12.5 Å². The van der Waals surface area contributed by atoms with E-state index in [0.29, 0.717) is 0 Å². The lowest BCUT2D eigenvalue weighted by Crippen LogP contribution is -2.15. The van der Waals surface area contributed by atoms with E-state index in [0.717, 1.165) is 11.1 Å². The van der Waals surface area contributed by atoms with E-state index in [1.54, 1.807) is 6.07 Å². The largest absolute Gasteiger partial charge is 0.504 e. The molecule has 0 saturated heterocycles. The van der Waals surface area contributed by atoms with E-state index >= 15 is 0 Å². The molecule has 0 aromatic heterocycles. The van der Waals surface area contributed by atoms with Gasteiger partial charge < -0.3 is 15.9 Å². The van der Waals surface area contributed by atoms with Gasteiger partial charge in [0, 0.05) is 6.04 Å². The van der Waals surface area contributed by atoms with Gasteiger partial charge in [0.25, 0.3) is 0 Å². The number of benzene rings is 1. The number of phenols is 2. The van der Waals surface area contributed by atoms with Gasteiger partial charge in [-0.15, -0.1) is 0 Å². The Bertz CT molecular complexity index is 332. The number of phenolic OH excluding ortho intramolecular Hbond substituents is 2. The first kappa shape index (κ1) is 9.61. The molecule has 3 heteroatoms. The summed E-state index contributed by atoms with van der Waals surface area (Å²) in [5, 5.41) is 18.3. The van der Waals surface area contributed by atoms with Crippen molar-refractivity contribution in [2.45, 2.75) is 13.0 Å². The van der Waals surface area contributed by atoms with Crippen LogP contribution in [0, 0.1) is 0 Å². The summed E-state index contributed by atoms with van der Waals surface area (Å²) in [4.78, 5) is 0. The zero-order chi connectivity index (χ0) is 10.0. The average Bonchev–Trinajstić information content (AvgIpc) is 2.08. The van der Waals surface area contributed by atoms with Crippen molar-refractivity contribution in [3.63, 3.8) is 0 Å². The molecule has 1 rings (SSSR count). The molecule has 0 aliphatic rings. The fraction of sp³-hybridized carbons (Fsp3) is 0.200. The second-order valence-electron chi connectivity index (χ2n) is 3.02. The quantitative estimate of drug-likeness (QED) is 0.602. The summed E-state index contributed by atoms with van der Waals surface area (Å²) in [6.07, 6.45) is 0. The molecule has 13 heavy (non-hydrogen) atoms. The number of nitrogens with two attached hydrogens (primary N) is 1. The van der Waals surface area contributed by atoms with Crippen molar-refractivity contribution < 1.29 is 10.2 Å². The molecule has 0 heterocycles. The number of hydrogen-bond donors (Lipinski definition) is 3. The predicted octanol–water partition coefficient (Wildman–Crippen LogP) is 1.46. The highest BCUT2D eigenvalue weighted by Crippen LogP contribution is 2.28. The van der Waals surface area contributed by atoms with Crippen molar-refractivity contribution in [3.05, 3.63) is 30.3 Å². The average molecular weight is 179 g/mol. The van der Waals surface area contributed by atoms with Gasteiger partial charge in [0.05, 0.1) is 0 Å². The Morgan fingerprint density at radius 1 is 1.38 bits per heavy atom. The van der Waals surface area contributed by atoms with Gasteiger partial charge in [0.15, 0.2) is 11.5 Å². The first-order valence-electron chi connectivity index (χ1n) is 3.99. The molecule has 1 atom stereocenters. The van der Waals surface area contributed by atoms with Gasteiger partial charge in [-0.3, -0.25) is 0 Å². The normalized spacial score (nSPS) is 12.5. The molecule has 0 amide bonds. The molecule has 1 aromatic rings. The maximum absolute atomic E-state index is 9.20. The molecular formula is C10H13NO2. The van der Waals surface area contributed by atoms with Gasteiger partial charge in [-0.25, -0.2) is 0 Å².